The fourth-order valence-corrected chi connectivity index (χ4v) is 3.93. The average molecular weight is 342 g/mol. The Bertz CT molecular complexity index is 713. The highest BCUT2D eigenvalue weighted by Crippen LogP contribution is 2.43. The Morgan fingerprint density at radius 3 is 2.79 bits per heavy atom. The topological polar surface area (TPSA) is 13.1 Å². The summed E-state index contributed by atoms with van der Waals surface area (Å²) >= 11 is 0. The molecule has 24 heavy (non-hydrogen) atoms. The molecule has 1 aliphatic heterocycles. The van der Waals surface area contributed by atoms with Gasteiger partial charge in [-0.15, -0.1) is 0 Å². The quantitative estimate of drug-likeness (QED) is 0.601. The van der Waals surface area contributed by atoms with Gasteiger partial charge >= 0.3 is 0 Å². The van der Waals surface area contributed by atoms with Crippen LogP contribution in [0.15, 0.2) is 66.5 Å². The predicted octanol–water partition coefficient (Wildman–Crippen LogP) is 1.07. The zero-order chi connectivity index (χ0) is 15.6. The van der Waals surface area contributed by atoms with Crippen LogP contribution in [0, 0.1) is 11.8 Å². The minimum absolute atomic E-state index is 0. The predicted molar refractivity (Wildman–Crippen MR) is 90.8 cm³/mol. The van der Waals surface area contributed by atoms with E-state index in [1.807, 2.05) is 0 Å². The van der Waals surface area contributed by atoms with Crippen molar-refractivity contribution < 1.29 is 21.7 Å². The van der Waals surface area contributed by atoms with Gasteiger partial charge in [0.1, 0.15) is 0 Å². The van der Waals surface area contributed by atoms with Crippen LogP contribution in [0.2, 0.25) is 0 Å². The Hall–Kier alpha value is -1.64. The van der Waals surface area contributed by atoms with Gasteiger partial charge in [-0.3, -0.25) is 0 Å². The van der Waals surface area contributed by atoms with Crippen LogP contribution in [0.5, 0.6) is 0 Å². The zero-order valence-corrected chi connectivity index (χ0v) is 14.8. The Balaban J connectivity index is 0.00000169. The van der Waals surface area contributed by atoms with Gasteiger partial charge in [0, 0.05) is 23.1 Å². The van der Waals surface area contributed by atoms with E-state index in [-0.39, 0.29) is 18.5 Å². The first kappa shape index (κ1) is 17.2. The lowest BCUT2D eigenvalue weighted by molar-refractivity contribution is -0.689. The molecule has 126 valence electrons. The number of ether oxygens (including phenoxy) is 1. The van der Waals surface area contributed by atoms with Gasteiger partial charge in [-0.25, -0.2) is 4.57 Å². The maximum Gasteiger partial charge on any atom is 0.174 e. The fraction of sp³-hybridized carbons (Fsp3) is 0.381. The molecule has 0 saturated carbocycles. The number of pyridine rings is 1. The number of rotatable bonds is 3. The number of allylic oxidation sites excluding steroid dienone is 1. The van der Waals surface area contributed by atoms with Crippen LogP contribution in [0.1, 0.15) is 37.0 Å². The van der Waals surface area contributed by atoms with Crippen LogP contribution in [-0.4, -0.2) is 6.61 Å². The van der Waals surface area contributed by atoms with Crippen LogP contribution in [0.4, 0.5) is 0 Å². The molecule has 0 amide bonds. The molecular weight excluding hydrogens is 318 g/mol. The first-order valence-corrected chi connectivity index (χ1v) is 8.61. The summed E-state index contributed by atoms with van der Waals surface area (Å²) in [5, 5.41) is 0. The molecule has 0 radical (unpaired) electrons. The molecule has 2 bridgehead atoms. The molecular formula is C21H24ClNO. The van der Waals surface area contributed by atoms with Crippen LogP contribution < -0.4 is 17.0 Å². The monoisotopic (exact) mass is 341 g/mol. The highest BCUT2D eigenvalue weighted by molar-refractivity contribution is 5.20. The van der Waals surface area contributed by atoms with Crippen molar-refractivity contribution in [3.8, 4) is 0 Å². The summed E-state index contributed by atoms with van der Waals surface area (Å²) in [5.41, 5.74) is 4.14. The van der Waals surface area contributed by atoms with Crippen molar-refractivity contribution in [1.82, 2.24) is 0 Å². The van der Waals surface area contributed by atoms with Gasteiger partial charge < -0.3 is 17.1 Å². The standard InChI is InChI=1S/C21H24NO.ClH/c1-16-9-10-18-12-20(16)21(23-15-18)19-8-5-11-22(14-19)13-17-6-3-2-4-7-17;/h2-9,11,14,18,20-21H,10,12-13,15H2,1H3;1H/q+1;/p-1/t18-,20-,21?;/m1./s1. The van der Waals surface area contributed by atoms with Gasteiger partial charge in [0.25, 0.3) is 0 Å². The lowest BCUT2D eigenvalue weighted by Gasteiger charge is -2.39. The Kier molecular flexibility index (Phi) is 5.37. The van der Waals surface area contributed by atoms with Crippen molar-refractivity contribution in [2.45, 2.75) is 32.4 Å². The molecule has 4 rings (SSSR count). The van der Waals surface area contributed by atoms with E-state index in [9.17, 15) is 0 Å². The molecule has 1 aromatic heterocycles. The van der Waals surface area contributed by atoms with Gasteiger partial charge in [0.05, 0.1) is 12.7 Å². The van der Waals surface area contributed by atoms with Gasteiger partial charge in [-0.05, 0) is 31.7 Å². The number of halogens is 1. The summed E-state index contributed by atoms with van der Waals surface area (Å²) in [6.07, 6.45) is 9.52. The van der Waals surface area contributed by atoms with Crippen molar-refractivity contribution in [3.05, 3.63) is 77.6 Å². The zero-order valence-electron chi connectivity index (χ0n) is 14.1. The summed E-state index contributed by atoms with van der Waals surface area (Å²) in [7, 11) is 0. The van der Waals surface area contributed by atoms with E-state index in [2.05, 4.69) is 72.4 Å². The van der Waals surface area contributed by atoms with E-state index < -0.39 is 0 Å². The van der Waals surface area contributed by atoms with E-state index >= 15 is 0 Å². The second kappa shape index (κ2) is 7.50. The van der Waals surface area contributed by atoms with E-state index in [1.165, 1.54) is 29.5 Å². The van der Waals surface area contributed by atoms with E-state index in [4.69, 9.17) is 4.74 Å². The van der Waals surface area contributed by atoms with Gasteiger partial charge in [0.2, 0.25) is 0 Å². The third-order valence-electron chi connectivity index (χ3n) is 5.24. The summed E-state index contributed by atoms with van der Waals surface area (Å²) in [5.74, 6) is 1.27. The van der Waals surface area contributed by atoms with E-state index in [0.29, 0.717) is 5.92 Å². The Morgan fingerprint density at radius 1 is 1.12 bits per heavy atom. The highest BCUT2D eigenvalue weighted by Gasteiger charge is 2.36. The van der Waals surface area contributed by atoms with Gasteiger partial charge in [0.15, 0.2) is 18.9 Å². The number of fused-ring (bicyclic) bond motifs is 2. The molecule has 1 fully saturated rings. The van der Waals surface area contributed by atoms with Crippen LogP contribution in [-0.2, 0) is 11.3 Å². The minimum Gasteiger partial charge on any atom is -1.00 e. The van der Waals surface area contributed by atoms with E-state index in [0.717, 1.165) is 19.1 Å². The average Bonchev–Trinajstić information content (AvgIpc) is 2.60. The molecule has 2 aromatic rings. The number of aromatic nitrogens is 1. The molecule has 2 heterocycles. The maximum absolute atomic E-state index is 6.25. The minimum atomic E-state index is 0. The molecule has 2 nitrogen and oxygen atoms in total. The Morgan fingerprint density at radius 2 is 1.96 bits per heavy atom. The molecule has 3 atom stereocenters. The van der Waals surface area contributed by atoms with Crippen molar-refractivity contribution >= 4 is 0 Å². The van der Waals surface area contributed by atoms with Crippen LogP contribution in [0.3, 0.4) is 0 Å². The molecule has 1 aliphatic carbocycles. The molecule has 3 heteroatoms. The van der Waals surface area contributed by atoms with Crippen molar-refractivity contribution in [3.63, 3.8) is 0 Å². The number of hydrogen-bond acceptors (Lipinski definition) is 1. The van der Waals surface area contributed by atoms with Crippen LogP contribution >= 0.6 is 0 Å². The summed E-state index contributed by atoms with van der Waals surface area (Å²) < 4.78 is 8.52. The van der Waals surface area contributed by atoms with Gasteiger partial charge in [-0.1, -0.05) is 42.0 Å². The highest BCUT2D eigenvalue weighted by atomic mass is 35.5. The lowest BCUT2D eigenvalue weighted by atomic mass is 9.75. The van der Waals surface area contributed by atoms with E-state index in [1.54, 1.807) is 0 Å². The maximum atomic E-state index is 6.25. The third-order valence-corrected chi connectivity index (χ3v) is 5.24. The largest absolute Gasteiger partial charge is 1.00 e. The molecule has 1 saturated heterocycles. The van der Waals surface area contributed by atoms with Gasteiger partial charge in [-0.2, -0.15) is 0 Å². The smallest absolute Gasteiger partial charge is 0.174 e. The first-order valence-electron chi connectivity index (χ1n) is 8.61. The fourth-order valence-electron chi connectivity index (χ4n) is 3.93. The SMILES string of the molecule is CC1=CC[C@H]2COC(c3ccc[n+](Cc4ccccc4)c3)[C@@H]1C2.[Cl-]. The molecule has 1 aromatic carbocycles. The number of nitrogens with zero attached hydrogens (tertiary/aromatic N) is 1. The lowest BCUT2D eigenvalue weighted by Crippen LogP contribution is -3.00. The summed E-state index contributed by atoms with van der Waals surface area (Å²) in [6, 6.07) is 15.0. The Labute approximate surface area is 150 Å². The number of hydrogen-bond donors (Lipinski definition) is 0. The normalized spacial score (nSPS) is 25.5. The third kappa shape index (κ3) is 3.55. The summed E-state index contributed by atoms with van der Waals surface area (Å²) in [4.78, 5) is 0. The summed E-state index contributed by atoms with van der Waals surface area (Å²) in [6.45, 7) is 4.07. The molecule has 1 unspecified atom stereocenters. The second-order valence-corrected chi connectivity index (χ2v) is 6.94. The molecule has 0 spiro atoms. The molecule has 2 aliphatic rings. The van der Waals surface area contributed by atoms with Crippen molar-refractivity contribution in [1.29, 1.82) is 0 Å². The van der Waals surface area contributed by atoms with Crippen molar-refractivity contribution in [2.24, 2.45) is 11.8 Å². The number of benzene rings is 1. The van der Waals surface area contributed by atoms with Crippen LogP contribution in [0.25, 0.3) is 0 Å². The molecule has 0 N–H and O–H groups in total. The first-order chi connectivity index (χ1) is 11.3. The second-order valence-electron chi connectivity index (χ2n) is 6.94. The van der Waals surface area contributed by atoms with Crippen molar-refractivity contribution in [2.75, 3.05) is 6.61 Å².